The zero-order valence-corrected chi connectivity index (χ0v) is 15.0. The van der Waals surface area contributed by atoms with Gasteiger partial charge in [0, 0.05) is 29.2 Å². The number of hydrogen-bond acceptors (Lipinski definition) is 4. The van der Waals surface area contributed by atoms with E-state index in [1.165, 1.54) is 0 Å². The van der Waals surface area contributed by atoms with Crippen molar-refractivity contribution in [2.24, 2.45) is 7.05 Å². The van der Waals surface area contributed by atoms with Crippen molar-refractivity contribution in [2.75, 3.05) is 0 Å². The quantitative estimate of drug-likeness (QED) is 0.697. The van der Waals surface area contributed by atoms with Gasteiger partial charge >= 0.3 is 0 Å². The lowest BCUT2D eigenvalue weighted by atomic mass is 10.2. The molecular weight excluding hydrogens is 360 g/mol. The van der Waals surface area contributed by atoms with Crippen LogP contribution in [0.3, 0.4) is 0 Å². The van der Waals surface area contributed by atoms with E-state index >= 15 is 0 Å². The summed E-state index contributed by atoms with van der Waals surface area (Å²) >= 11 is 6.96. The van der Waals surface area contributed by atoms with Crippen LogP contribution in [0.25, 0.3) is 22.8 Å². The number of carbonyl (C=O) groups is 2. The highest BCUT2D eigenvalue weighted by Crippen LogP contribution is 2.31. The molecule has 1 aliphatic heterocycles. The first kappa shape index (κ1) is 16.0. The van der Waals surface area contributed by atoms with Crippen LogP contribution in [0.2, 0.25) is 5.02 Å². The maximum atomic E-state index is 11.9. The van der Waals surface area contributed by atoms with Gasteiger partial charge in [-0.05, 0) is 49.0 Å². The van der Waals surface area contributed by atoms with Crippen molar-refractivity contribution in [1.82, 2.24) is 19.7 Å². The maximum Gasteiger partial charge on any atom is 0.290 e. The fourth-order valence-corrected chi connectivity index (χ4v) is 3.81. The van der Waals surface area contributed by atoms with Gasteiger partial charge in [-0.25, -0.2) is 0 Å². The molecule has 3 aromatic rings. The summed E-state index contributed by atoms with van der Waals surface area (Å²) in [6, 6.07) is 7.65. The summed E-state index contributed by atoms with van der Waals surface area (Å²) < 4.78 is 3.76. The molecule has 0 unspecified atom stereocenters. The molecule has 0 atom stereocenters. The highest BCUT2D eigenvalue weighted by molar-refractivity contribution is 8.18. The predicted octanol–water partition coefficient (Wildman–Crippen LogP) is 3.65. The standard InChI is InChI=1S/C17H13ClN4O2S/c1-9-12(8-14-15(23)19-17(24)25-14)16(21(2)20-9)22-6-5-10-7-11(18)3-4-13(10)22/h3-8H,1-2H3,(H,19,23,24). The molecule has 1 saturated heterocycles. The summed E-state index contributed by atoms with van der Waals surface area (Å²) in [7, 11) is 1.85. The van der Waals surface area contributed by atoms with Crippen LogP contribution in [0.4, 0.5) is 4.79 Å². The minimum absolute atomic E-state index is 0.361. The zero-order chi connectivity index (χ0) is 17.7. The van der Waals surface area contributed by atoms with E-state index in [9.17, 15) is 9.59 Å². The Balaban J connectivity index is 1.92. The van der Waals surface area contributed by atoms with Gasteiger partial charge in [0.2, 0.25) is 0 Å². The van der Waals surface area contributed by atoms with E-state index in [4.69, 9.17) is 11.6 Å². The number of nitrogens with zero attached hydrogens (tertiary/aromatic N) is 3. The monoisotopic (exact) mass is 372 g/mol. The second-order valence-electron chi connectivity index (χ2n) is 5.69. The third-order valence-electron chi connectivity index (χ3n) is 4.04. The smallest absolute Gasteiger partial charge is 0.290 e. The topological polar surface area (TPSA) is 68.9 Å². The second-order valence-corrected chi connectivity index (χ2v) is 7.14. The van der Waals surface area contributed by atoms with Crippen LogP contribution in [-0.2, 0) is 11.8 Å². The minimum Gasteiger partial charge on any atom is -0.301 e. The second kappa shape index (κ2) is 5.79. The summed E-state index contributed by atoms with van der Waals surface area (Å²) in [6.07, 6.45) is 3.65. The van der Waals surface area contributed by atoms with Crippen LogP contribution in [0.1, 0.15) is 11.3 Å². The van der Waals surface area contributed by atoms with Gasteiger partial charge in [0.15, 0.2) is 0 Å². The summed E-state index contributed by atoms with van der Waals surface area (Å²) in [5, 5.41) is 8.07. The Morgan fingerprint density at radius 3 is 2.80 bits per heavy atom. The molecule has 0 spiro atoms. The number of carbonyl (C=O) groups excluding carboxylic acids is 2. The Morgan fingerprint density at radius 2 is 2.08 bits per heavy atom. The Morgan fingerprint density at radius 1 is 1.28 bits per heavy atom. The summed E-state index contributed by atoms with van der Waals surface area (Å²) in [6.45, 7) is 1.87. The van der Waals surface area contributed by atoms with E-state index in [0.29, 0.717) is 9.93 Å². The molecule has 0 aliphatic carbocycles. The normalized spacial score (nSPS) is 16.2. The minimum atomic E-state index is -0.381. The number of benzene rings is 1. The van der Waals surface area contributed by atoms with Crippen LogP contribution in [0.5, 0.6) is 0 Å². The third kappa shape index (κ3) is 2.65. The van der Waals surface area contributed by atoms with Crippen molar-refractivity contribution in [3.05, 3.63) is 51.6 Å². The lowest BCUT2D eigenvalue weighted by molar-refractivity contribution is -0.115. The fourth-order valence-electron chi connectivity index (χ4n) is 2.97. The third-order valence-corrected chi connectivity index (χ3v) is 5.08. The maximum absolute atomic E-state index is 11.9. The van der Waals surface area contributed by atoms with E-state index in [1.807, 2.05) is 49.0 Å². The van der Waals surface area contributed by atoms with Crippen molar-refractivity contribution < 1.29 is 9.59 Å². The van der Waals surface area contributed by atoms with E-state index < -0.39 is 0 Å². The molecule has 1 fully saturated rings. The molecule has 25 heavy (non-hydrogen) atoms. The van der Waals surface area contributed by atoms with Gasteiger partial charge in [0.05, 0.1) is 16.1 Å². The van der Waals surface area contributed by atoms with Gasteiger partial charge < -0.3 is 4.57 Å². The summed E-state index contributed by atoms with van der Waals surface area (Å²) in [5.74, 6) is 0.434. The number of imide groups is 1. The van der Waals surface area contributed by atoms with Gasteiger partial charge in [-0.15, -0.1) is 0 Å². The zero-order valence-electron chi connectivity index (χ0n) is 13.4. The molecule has 0 bridgehead atoms. The molecule has 8 heteroatoms. The largest absolute Gasteiger partial charge is 0.301 e. The molecule has 3 heterocycles. The number of aromatic nitrogens is 3. The molecule has 1 aliphatic rings. The van der Waals surface area contributed by atoms with Crippen molar-refractivity contribution in [3.63, 3.8) is 0 Å². The van der Waals surface area contributed by atoms with Crippen LogP contribution in [-0.4, -0.2) is 25.5 Å². The molecule has 0 radical (unpaired) electrons. The van der Waals surface area contributed by atoms with Crippen LogP contribution in [0, 0.1) is 6.92 Å². The highest BCUT2D eigenvalue weighted by Gasteiger charge is 2.26. The first-order valence-corrected chi connectivity index (χ1v) is 8.69. The summed E-state index contributed by atoms with van der Waals surface area (Å²) in [5.41, 5.74) is 2.54. The molecular formula is C17H13ClN4O2S. The molecule has 0 saturated carbocycles. The van der Waals surface area contributed by atoms with E-state index in [1.54, 1.807) is 10.8 Å². The summed E-state index contributed by atoms with van der Waals surface area (Å²) in [4.78, 5) is 23.7. The SMILES string of the molecule is Cc1nn(C)c(-n2ccc3cc(Cl)ccc32)c1C=C1SC(=O)NC1=O. The lowest BCUT2D eigenvalue weighted by Gasteiger charge is -2.08. The molecule has 1 aromatic carbocycles. The average Bonchev–Trinajstić information content (AvgIpc) is 3.16. The lowest BCUT2D eigenvalue weighted by Crippen LogP contribution is -2.17. The number of nitrogens with one attached hydrogen (secondary N) is 1. The van der Waals surface area contributed by atoms with Gasteiger partial charge in [-0.3, -0.25) is 19.6 Å². The highest BCUT2D eigenvalue weighted by atomic mass is 35.5. The number of hydrogen-bond donors (Lipinski definition) is 1. The average molecular weight is 373 g/mol. The Labute approximate surface area is 152 Å². The first-order valence-electron chi connectivity index (χ1n) is 7.49. The fraction of sp³-hybridized carbons (Fsp3) is 0.118. The number of thioether (sulfide) groups is 1. The van der Waals surface area contributed by atoms with Crippen molar-refractivity contribution in [1.29, 1.82) is 0 Å². The Bertz CT molecular complexity index is 1080. The van der Waals surface area contributed by atoms with E-state index in [2.05, 4.69) is 10.4 Å². The number of halogens is 1. The predicted molar refractivity (Wildman–Crippen MR) is 98.9 cm³/mol. The van der Waals surface area contributed by atoms with E-state index in [0.717, 1.165) is 39.7 Å². The van der Waals surface area contributed by atoms with Gasteiger partial charge in [0.1, 0.15) is 5.82 Å². The Kier molecular flexibility index (Phi) is 3.70. The van der Waals surface area contributed by atoms with Gasteiger partial charge in [0.25, 0.3) is 11.1 Å². The van der Waals surface area contributed by atoms with Crippen molar-refractivity contribution in [2.45, 2.75) is 6.92 Å². The number of rotatable bonds is 2. The first-order chi connectivity index (χ1) is 11.9. The Hall–Kier alpha value is -2.51. The number of amides is 2. The number of fused-ring (bicyclic) bond motifs is 1. The van der Waals surface area contributed by atoms with Gasteiger partial charge in [-0.2, -0.15) is 5.10 Å². The molecule has 4 rings (SSSR count). The molecule has 2 amide bonds. The number of aryl methyl sites for hydroxylation is 2. The van der Waals surface area contributed by atoms with Crippen LogP contribution >= 0.6 is 23.4 Å². The molecule has 126 valence electrons. The van der Waals surface area contributed by atoms with Crippen LogP contribution in [0.15, 0.2) is 35.4 Å². The van der Waals surface area contributed by atoms with Crippen molar-refractivity contribution in [3.8, 4) is 5.82 Å². The van der Waals surface area contributed by atoms with Gasteiger partial charge in [-0.1, -0.05) is 11.6 Å². The van der Waals surface area contributed by atoms with E-state index in [-0.39, 0.29) is 11.1 Å². The van der Waals surface area contributed by atoms with Crippen LogP contribution < -0.4 is 5.32 Å². The molecule has 2 aromatic heterocycles. The van der Waals surface area contributed by atoms with Crippen molar-refractivity contribution >= 4 is 51.5 Å². The molecule has 6 nitrogen and oxygen atoms in total. The molecule has 1 N–H and O–H groups in total.